The number of ether oxygens (including phenoxy) is 2. The Morgan fingerprint density at radius 1 is 1.38 bits per heavy atom. The number of nitrogens with zero attached hydrogens (tertiary/aromatic N) is 2. The molecule has 3 atom stereocenters. The molecule has 0 bridgehead atoms. The number of nitrogens with one attached hydrogen (secondary N) is 2. The van der Waals surface area contributed by atoms with Gasteiger partial charge in [-0.15, -0.1) is 0 Å². The van der Waals surface area contributed by atoms with E-state index in [1.54, 1.807) is 19.0 Å². The molecule has 1 amide bonds. The third kappa shape index (κ3) is 4.14. The van der Waals surface area contributed by atoms with Crippen LogP contribution in [0.1, 0.15) is 39.0 Å². The van der Waals surface area contributed by atoms with Gasteiger partial charge < -0.3 is 25.0 Å². The molecule has 1 heterocycles. The zero-order valence-electron chi connectivity index (χ0n) is 16.4. The Hall–Kier alpha value is -1.34. The standard InChI is InChI=1S/C19H34N4O3/c1-4-26-16-10-15(19(16)7-5-8-19)22-18(21-12-17(24)23(2)3)20-11-14-6-9-25-13-14/h14-16H,4-13H2,1-3H3,(H2,20,21,22). The molecule has 0 aromatic rings. The highest BCUT2D eigenvalue weighted by Crippen LogP contribution is 2.57. The van der Waals surface area contributed by atoms with Gasteiger partial charge in [0, 0.05) is 51.2 Å². The Labute approximate surface area is 156 Å². The molecular weight excluding hydrogens is 332 g/mol. The molecule has 3 rings (SSSR count). The van der Waals surface area contributed by atoms with Crippen LogP contribution in [0.3, 0.4) is 0 Å². The molecule has 0 aromatic heterocycles. The Morgan fingerprint density at radius 3 is 2.77 bits per heavy atom. The largest absolute Gasteiger partial charge is 0.381 e. The van der Waals surface area contributed by atoms with E-state index in [9.17, 15) is 4.79 Å². The van der Waals surface area contributed by atoms with Gasteiger partial charge in [-0.3, -0.25) is 4.79 Å². The lowest BCUT2D eigenvalue weighted by molar-refractivity contribution is -0.168. The van der Waals surface area contributed by atoms with Crippen LogP contribution in [0.4, 0.5) is 0 Å². The summed E-state index contributed by atoms with van der Waals surface area (Å²) in [5.74, 6) is 1.27. The number of aliphatic imine (C=N–C) groups is 1. The van der Waals surface area contributed by atoms with Crippen LogP contribution in [0.15, 0.2) is 4.99 Å². The van der Waals surface area contributed by atoms with Gasteiger partial charge in [-0.25, -0.2) is 4.99 Å². The summed E-state index contributed by atoms with van der Waals surface area (Å²) >= 11 is 0. The minimum atomic E-state index is 0.00876. The number of rotatable bonds is 7. The van der Waals surface area contributed by atoms with E-state index >= 15 is 0 Å². The van der Waals surface area contributed by atoms with Gasteiger partial charge >= 0.3 is 0 Å². The second kappa shape index (κ2) is 8.57. The Morgan fingerprint density at radius 2 is 2.19 bits per heavy atom. The highest BCUT2D eigenvalue weighted by atomic mass is 16.5. The fraction of sp³-hybridized carbons (Fsp3) is 0.895. The molecule has 7 heteroatoms. The maximum atomic E-state index is 11.9. The van der Waals surface area contributed by atoms with Gasteiger partial charge in [-0.1, -0.05) is 6.42 Å². The summed E-state index contributed by atoms with van der Waals surface area (Å²) in [4.78, 5) is 18.1. The number of hydrogen-bond donors (Lipinski definition) is 2. The van der Waals surface area contributed by atoms with Gasteiger partial charge in [0.2, 0.25) is 5.91 Å². The van der Waals surface area contributed by atoms with Crippen LogP contribution in [-0.4, -0.2) is 75.9 Å². The lowest BCUT2D eigenvalue weighted by atomic mass is 9.51. The number of amides is 1. The van der Waals surface area contributed by atoms with Crippen molar-refractivity contribution in [1.29, 1.82) is 0 Å². The van der Waals surface area contributed by atoms with E-state index < -0.39 is 0 Å². The van der Waals surface area contributed by atoms with E-state index in [4.69, 9.17) is 9.47 Å². The first kappa shape index (κ1) is 19.4. The summed E-state index contributed by atoms with van der Waals surface area (Å²) in [7, 11) is 3.52. The number of guanidine groups is 1. The van der Waals surface area contributed by atoms with Crippen LogP contribution in [0.5, 0.6) is 0 Å². The summed E-state index contributed by atoms with van der Waals surface area (Å²) < 4.78 is 11.4. The van der Waals surface area contributed by atoms with Crippen LogP contribution >= 0.6 is 0 Å². The molecule has 0 aromatic carbocycles. The molecule has 2 saturated carbocycles. The van der Waals surface area contributed by atoms with Crippen molar-refractivity contribution in [2.75, 3.05) is 47.0 Å². The fourth-order valence-electron chi connectivity index (χ4n) is 4.23. The highest BCUT2D eigenvalue weighted by molar-refractivity contribution is 5.85. The van der Waals surface area contributed by atoms with E-state index in [1.807, 2.05) is 0 Å². The molecule has 0 radical (unpaired) electrons. The third-order valence-corrected chi connectivity index (χ3v) is 6.20. The smallest absolute Gasteiger partial charge is 0.243 e. The molecular formula is C19H34N4O3. The first-order valence-electron chi connectivity index (χ1n) is 9.99. The quantitative estimate of drug-likeness (QED) is 0.519. The number of hydrogen-bond acceptors (Lipinski definition) is 4. The molecule has 26 heavy (non-hydrogen) atoms. The highest BCUT2D eigenvalue weighted by Gasteiger charge is 2.59. The van der Waals surface area contributed by atoms with Crippen molar-refractivity contribution in [2.24, 2.45) is 16.3 Å². The maximum absolute atomic E-state index is 11.9. The van der Waals surface area contributed by atoms with Crippen LogP contribution in [-0.2, 0) is 14.3 Å². The number of carbonyl (C=O) groups excluding carboxylic acids is 1. The first-order chi connectivity index (χ1) is 12.5. The minimum absolute atomic E-state index is 0.00876. The second-order valence-electron chi connectivity index (χ2n) is 8.03. The average Bonchev–Trinajstić information content (AvgIpc) is 3.07. The van der Waals surface area contributed by atoms with Crippen LogP contribution in [0.2, 0.25) is 0 Å². The predicted octanol–water partition coefficient (Wildman–Crippen LogP) is 0.994. The first-order valence-corrected chi connectivity index (χ1v) is 9.99. The fourth-order valence-corrected chi connectivity index (χ4v) is 4.23. The molecule has 1 spiro atoms. The number of carbonyl (C=O) groups is 1. The average molecular weight is 367 g/mol. The van der Waals surface area contributed by atoms with Crippen molar-refractivity contribution in [2.45, 2.75) is 51.2 Å². The van der Waals surface area contributed by atoms with Crippen molar-refractivity contribution in [3.05, 3.63) is 0 Å². The number of likely N-dealkylation sites (N-methyl/N-ethyl adjacent to an activating group) is 1. The van der Waals surface area contributed by atoms with Gasteiger partial charge in [0.05, 0.1) is 12.7 Å². The lowest BCUT2D eigenvalue weighted by Crippen LogP contribution is -2.68. The topological polar surface area (TPSA) is 75.2 Å². The lowest BCUT2D eigenvalue weighted by Gasteiger charge is -2.61. The van der Waals surface area contributed by atoms with Gasteiger partial charge in [0.25, 0.3) is 0 Å². The molecule has 3 aliphatic rings. The molecule has 1 aliphatic heterocycles. The molecule has 3 fully saturated rings. The van der Waals surface area contributed by atoms with E-state index in [0.29, 0.717) is 18.1 Å². The van der Waals surface area contributed by atoms with Crippen molar-refractivity contribution >= 4 is 11.9 Å². The second-order valence-corrected chi connectivity index (χ2v) is 8.03. The zero-order valence-corrected chi connectivity index (χ0v) is 16.4. The predicted molar refractivity (Wildman–Crippen MR) is 101 cm³/mol. The van der Waals surface area contributed by atoms with Crippen LogP contribution < -0.4 is 10.6 Å². The SMILES string of the molecule is CCOC1CC(NC(=NCC(=O)N(C)C)NCC2CCOC2)C12CCC2. The third-order valence-electron chi connectivity index (χ3n) is 6.20. The molecule has 7 nitrogen and oxygen atoms in total. The molecule has 3 unspecified atom stereocenters. The molecule has 2 N–H and O–H groups in total. The summed E-state index contributed by atoms with van der Waals surface area (Å²) in [5, 5.41) is 7.04. The summed E-state index contributed by atoms with van der Waals surface area (Å²) in [6.45, 7) is 5.48. The van der Waals surface area contributed by atoms with Crippen LogP contribution in [0, 0.1) is 11.3 Å². The Bertz CT molecular complexity index is 513. The molecule has 148 valence electrons. The monoisotopic (exact) mass is 366 g/mol. The van der Waals surface area contributed by atoms with Gasteiger partial charge in [0.15, 0.2) is 5.96 Å². The van der Waals surface area contributed by atoms with E-state index in [0.717, 1.165) is 45.2 Å². The maximum Gasteiger partial charge on any atom is 0.243 e. The Balaban J connectivity index is 1.59. The minimum Gasteiger partial charge on any atom is -0.381 e. The van der Waals surface area contributed by atoms with Gasteiger partial charge in [-0.2, -0.15) is 0 Å². The van der Waals surface area contributed by atoms with Crippen molar-refractivity contribution in [1.82, 2.24) is 15.5 Å². The van der Waals surface area contributed by atoms with E-state index in [2.05, 4.69) is 22.5 Å². The molecule has 1 saturated heterocycles. The summed E-state index contributed by atoms with van der Waals surface area (Å²) in [6, 6.07) is 0.383. The van der Waals surface area contributed by atoms with Crippen molar-refractivity contribution < 1.29 is 14.3 Å². The van der Waals surface area contributed by atoms with Gasteiger partial charge in [-0.05, 0) is 32.6 Å². The normalized spacial score (nSPS) is 29.8. The van der Waals surface area contributed by atoms with Gasteiger partial charge in [0.1, 0.15) is 6.54 Å². The van der Waals surface area contributed by atoms with E-state index in [-0.39, 0.29) is 17.9 Å². The van der Waals surface area contributed by atoms with Crippen molar-refractivity contribution in [3.8, 4) is 0 Å². The zero-order chi connectivity index (χ0) is 18.6. The van der Waals surface area contributed by atoms with Crippen molar-refractivity contribution in [3.63, 3.8) is 0 Å². The Kier molecular flexibility index (Phi) is 6.40. The van der Waals surface area contributed by atoms with E-state index in [1.165, 1.54) is 19.3 Å². The van der Waals surface area contributed by atoms with Crippen LogP contribution in [0.25, 0.3) is 0 Å². The molecule has 2 aliphatic carbocycles. The summed E-state index contributed by atoms with van der Waals surface area (Å²) in [5.41, 5.74) is 0.264. The summed E-state index contributed by atoms with van der Waals surface area (Å²) in [6.07, 6.45) is 6.18.